The summed E-state index contributed by atoms with van der Waals surface area (Å²) in [7, 11) is 0. The molecule has 3 rings (SSSR count). The lowest BCUT2D eigenvalue weighted by molar-refractivity contribution is -0.185. The molecule has 2 heterocycles. The summed E-state index contributed by atoms with van der Waals surface area (Å²) < 4.78 is 6.13. The Kier molecular flexibility index (Phi) is 6.65. The smallest absolute Gasteiger partial charge is 0.352 e. The third-order valence-electron chi connectivity index (χ3n) is 4.63. The van der Waals surface area contributed by atoms with Crippen LogP contribution in [-0.2, 0) is 16.1 Å². The summed E-state index contributed by atoms with van der Waals surface area (Å²) in [6.07, 6.45) is 3.19. The van der Waals surface area contributed by atoms with Crippen LogP contribution in [-0.4, -0.2) is 29.4 Å². The van der Waals surface area contributed by atoms with Crippen molar-refractivity contribution in [3.63, 3.8) is 0 Å². The maximum atomic E-state index is 13.4. The molecule has 1 aromatic heterocycles. The number of hydrogen-bond acceptors (Lipinski definition) is 6. The number of rotatable bonds is 8. The fourth-order valence-electron chi connectivity index (χ4n) is 3.26. The SMILES string of the molecule is C=C(C)C(=O)ON1CCC[C@H]1C(=O)c1cccc(CCC)c1Oc1cccs1. The van der Waals surface area contributed by atoms with Gasteiger partial charge in [0.2, 0.25) is 0 Å². The van der Waals surface area contributed by atoms with Crippen molar-refractivity contribution in [2.45, 2.75) is 45.6 Å². The number of aryl methyl sites for hydroxylation is 1. The average Bonchev–Trinajstić information content (AvgIpc) is 3.34. The van der Waals surface area contributed by atoms with Crippen molar-refractivity contribution >= 4 is 23.1 Å². The van der Waals surface area contributed by atoms with Crippen molar-refractivity contribution in [2.75, 3.05) is 6.54 Å². The highest BCUT2D eigenvalue weighted by Crippen LogP contribution is 2.35. The molecular formula is C22H25NO4S. The van der Waals surface area contributed by atoms with Crippen molar-refractivity contribution in [3.05, 3.63) is 59.0 Å². The molecular weight excluding hydrogens is 374 g/mol. The first-order valence-electron chi connectivity index (χ1n) is 9.53. The Hall–Kier alpha value is -2.44. The van der Waals surface area contributed by atoms with Gasteiger partial charge in [-0.15, -0.1) is 16.4 Å². The van der Waals surface area contributed by atoms with Gasteiger partial charge in [0.05, 0.1) is 5.56 Å². The van der Waals surface area contributed by atoms with Crippen molar-refractivity contribution in [3.8, 4) is 10.8 Å². The molecule has 0 saturated carbocycles. The quantitative estimate of drug-likeness (QED) is 0.452. The summed E-state index contributed by atoms with van der Waals surface area (Å²) >= 11 is 1.49. The van der Waals surface area contributed by atoms with E-state index in [2.05, 4.69) is 13.5 Å². The number of carbonyl (C=O) groups excluding carboxylic acids is 2. The summed E-state index contributed by atoms with van der Waals surface area (Å²) in [5.74, 6) is 0.0147. The molecule has 0 bridgehead atoms. The molecule has 0 radical (unpaired) electrons. The zero-order valence-corrected chi connectivity index (χ0v) is 17.1. The minimum atomic E-state index is -0.508. The van der Waals surface area contributed by atoms with Gasteiger partial charge in [0.15, 0.2) is 10.8 Å². The largest absolute Gasteiger partial charge is 0.446 e. The average molecular weight is 400 g/mol. The molecule has 0 N–H and O–H groups in total. The molecule has 28 heavy (non-hydrogen) atoms. The summed E-state index contributed by atoms with van der Waals surface area (Å²) in [6, 6.07) is 8.97. The Balaban J connectivity index is 1.90. The van der Waals surface area contributed by atoms with Crippen molar-refractivity contribution in [1.82, 2.24) is 5.06 Å². The highest BCUT2D eigenvalue weighted by Gasteiger charge is 2.36. The van der Waals surface area contributed by atoms with E-state index < -0.39 is 12.0 Å². The molecule has 6 heteroatoms. The monoisotopic (exact) mass is 399 g/mol. The molecule has 0 aliphatic carbocycles. The minimum Gasteiger partial charge on any atom is -0.446 e. The van der Waals surface area contributed by atoms with Gasteiger partial charge in [0, 0.05) is 12.1 Å². The lowest BCUT2D eigenvalue weighted by Gasteiger charge is -2.23. The molecule has 1 aliphatic heterocycles. The van der Waals surface area contributed by atoms with Gasteiger partial charge in [-0.25, -0.2) is 4.79 Å². The summed E-state index contributed by atoms with van der Waals surface area (Å²) in [5.41, 5.74) is 1.85. The fourth-order valence-corrected chi connectivity index (χ4v) is 3.84. The van der Waals surface area contributed by atoms with E-state index in [9.17, 15) is 9.59 Å². The Morgan fingerprint density at radius 1 is 1.29 bits per heavy atom. The highest BCUT2D eigenvalue weighted by molar-refractivity contribution is 7.11. The van der Waals surface area contributed by atoms with E-state index in [0.717, 1.165) is 29.9 Å². The van der Waals surface area contributed by atoms with Crippen LogP contribution < -0.4 is 4.74 Å². The predicted octanol–water partition coefficient (Wildman–Crippen LogP) is 5.17. The van der Waals surface area contributed by atoms with E-state index in [1.807, 2.05) is 29.6 Å². The number of ether oxygens (including phenoxy) is 1. The molecule has 1 aliphatic rings. The molecule has 2 aromatic rings. The lowest BCUT2D eigenvalue weighted by Crippen LogP contribution is -2.38. The van der Waals surface area contributed by atoms with E-state index in [0.29, 0.717) is 29.9 Å². The van der Waals surface area contributed by atoms with Crippen molar-refractivity contribution < 1.29 is 19.2 Å². The zero-order valence-electron chi connectivity index (χ0n) is 16.3. The molecule has 1 atom stereocenters. The van der Waals surface area contributed by atoms with Crippen LogP contribution in [0.1, 0.15) is 49.0 Å². The fraction of sp³-hybridized carbons (Fsp3) is 0.364. The summed E-state index contributed by atoms with van der Waals surface area (Å²) in [4.78, 5) is 30.7. The molecule has 1 saturated heterocycles. The standard InChI is InChI=1S/C22H25NO4S/c1-4-8-16-9-5-10-17(21(16)26-19-12-7-14-28-19)20(24)18-11-6-13-23(18)27-22(25)15(2)3/h5,7,9-10,12,14,18H,2,4,6,8,11,13H2,1,3H3/t18-/m0/s1. The molecule has 148 valence electrons. The van der Waals surface area contributed by atoms with Crippen LogP contribution in [0.3, 0.4) is 0 Å². The predicted molar refractivity (Wildman–Crippen MR) is 110 cm³/mol. The van der Waals surface area contributed by atoms with Crippen LogP contribution in [0.5, 0.6) is 10.8 Å². The number of para-hydroxylation sites is 1. The normalized spacial score (nSPS) is 16.7. The van der Waals surface area contributed by atoms with Gasteiger partial charge in [0.1, 0.15) is 11.8 Å². The Morgan fingerprint density at radius 2 is 2.11 bits per heavy atom. The third kappa shape index (κ3) is 4.51. The van der Waals surface area contributed by atoms with E-state index in [1.165, 1.54) is 16.4 Å². The van der Waals surface area contributed by atoms with Crippen molar-refractivity contribution in [2.24, 2.45) is 0 Å². The number of Topliss-reactive ketones (excluding diaryl/α,β-unsaturated/α-hetero) is 1. The summed E-state index contributed by atoms with van der Waals surface area (Å²) in [5, 5.41) is 4.17. The maximum absolute atomic E-state index is 13.4. The van der Waals surface area contributed by atoms with E-state index >= 15 is 0 Å². The zero-order chi connectivity index (χ0) is 20.1. The number of carbonyl (C=O) groups is 2. The Labute approximate surface area is 169 Å². The van der Waals surface area contributed by atoms with Crippen LogP contribution in [0, 0.1) is 0 Å². The first kappa shape index (κ1) is 20.3. The molecule has 5 nitrogen and oxygen atoms in total. The van der Waals surface area contributed by atoms with Crippen LogP contribution in [0.15, 0.2) is 47.9 Å². The van der Waals surface area contributed by atoms with Gasteiger partial charge in [-0.3, -0.25) is 4.79 Å². The number of benzene rings is 1. The van der Waals surface area contributed by atoms with Crippen molar-refractivity contribution in [1.29, 1.82) is 0 Å². The number of ketones is 1. The molecule has 1 aromatic carbocycles. The second-order valence-electron chi connectivity index (χ2n) is 6.90. The second kappa shape index (κ2) is 9.17. The Bertz CT molecular complexity index is 859. The van der Waals surface area contributed by atoms with Gasteiger partial charge in [-0.05, 0) is 55.3 Å². The van der Waals surface area contributed by atoms with Gasteiger partial charge < -0.3 is 9.57 Å². The number of hydrogen-bond donors (Lipinski definition) is 0. The minimum absolute atomic E-state index is 0.0866. The highest BCUT2D eigenvalue weighted by atomic mass is 32.1. The van der Waals surface area contributed by atoms with Crippen LogP contribution in [0.2, 0.25) is 0 Å². The summed E-state index contributed by atoms with van der Waals surface area (Å²) in [6.45, 7) is 7.83. The molecule has 0 unspecified atom stereocenters. The first-order valence-corrected chi connectivity index (χ1v) is 10.4. The lowest BCUT2D eigenvalue weighted by atomic mass is 9.97. The topological polar surface area (TPSA) is 55.8 Å². The van der Waals surface area contributed by atoms with Gasteiger partial charge in [-0.2, -0.15) is 0 Å². The van der Waals surface area contributed by atoms with E-state index in [1.54, 1.807) is 13.0 Å². The molecule has 1 fully saturated rings. The maximum Gasteiger partial charge on any atom is 0.352 e. The Morgan fingerprint density at radius 3 is 2.79 bits per heavy atom. The van der Waals surface area contributed by atoms with Crippen LogP contribution in [0.25, 0.3) is 0 Å². The van der Waals surface area contributed by atoms with E-state index in [-0.39, 0.29) is 5.78 Å². The van der Waals surface area contributed by atoms with Crippen LogP contribution in [0.4, 0.5) is 0 Å². The number of nitrogens with zero attached hydrogens (tertiary/aromatic N) is 1. The first-order chi connectivity index (χ1) is 13.5. The third-order valence-corrected chi connectivity index (χ3v) is 5.38. The molecule has 0 amide bonds. The van der Waals surface area contributed by atoms with Gasteiger partial charge >= 0.3 is 5.97 Å². The van der Waals surface area contributed by atoms with Crippen LogP contribution >= 0.6 is 11.3 Å². The molecule has 0 spiro atoms. The van der Waals surface area contributed by atoms with E-state index in [4.69, 9.17) is 9.57 Å². The van der Waals surface area contributed by atoms with Gasteiger partial charge in [-0.1, -0.05) is 32.1 Å². The number of hydroxylamine groups is 2. The second-order valence-corrected chi connectivity index (χ2v) is 7.81. The number of thiophene rings is 1. The van der Waals surface area contributed by atoms with Gasteiger partial charge in [0.25, 0.3) is 0 Å².